The molecule has 1 saturated heterocycles. The Morgan fingerprint density at radius 2 is 1.27 bits per heavy atom. The van der Waals surface area contributed by atoms with Gasteiger partial charge in [-0.25, -0.2) is 9.59 Å². The number of amides is 4. The summed E-state index contributed by atoms with van der Waals surface area (Å²) in [7, 11) is 0. The maximum absolute atomic E-state index is 13.8. The number of urea groups is 1. The van der Waals surface area contributed by atoms with Crippen molar-refractivity contribution < 1.29 is 45.5 Å². The number of alkyl halides is 6. The predicted molar refractivity (Wildman–Crippen MR) is 194 cm³/mol. The van der Waals surface area contributed by atoms with E-state index in [-0.39, 0.29) is 45.3 Å². The van der Waals surface area contributed by atoms with Crippen LogP contribution >= 0.6 is 0 Å². The molecule has 1 fully saturated rings. The first-order chi connectivity index (χ1) is 26.3. The molecule has 0 spiro atoms. The summed E-state index contributed by atoms with van der Waals surface area (Å²) in [4.78, 5) is 44.6. The standard InChI is InChI=1S/C41H42F6N4O4/c42-40(43,44)34-26-33(27-35(28-34)41(45,46)47)37(52)51-25-24-49(23-19-36(51)32-17-8-3-9-18-32)38(53)48-20-11-22-50(21-10-16-30-12-4-1-5-13-30)39(54)55-29-31-14-6-2-7-15-31/h1-9,12-15,17-18,26-28,36H,10-11,16,19-25,29H2,(H,48,53). The minimum absolute atomic E-state index is 0.0163. The number of benzene rings is 4. The van der Waals surface area contributed by atoms with Gasteiger partial charge in [0.05, 0.1) is 17.2 Å². The van der Waals surface area contributed by atoms with Gasteiger partial charge in [-0.15, -0.1) is 0 Å². The molecule has 0 saturated carbocycles. The summed E-state index contributed by atoms with van der Waals surface area (Å²) in [6.45, 7) is 1.03. The van der Waals surface area contributed by atoms with Gasteiger partial charge in [-0.2, -0.15) is 26.3 Å². The van der Waals surface area contributed by atoms with E-state index in [1.807, 2.05) is 60.7 Å². The van der Waals surface area contributed by atoms with E-state index in [4.69, 9.17) is 4.74 Å². The molecule has 1 unspecified atom stereocenters. The van der Waals surface area contributed by atoms with Crippen LogP contribution in [-0.2, 0) is 30.1 Å². The van der Waals surface area contributed by atoms with Crippen LogP contribution in [0.1, 0.15) is 63.5 Å². The average Bonchev–Trinajstić information content (AvgIpc) is 3.41. The number of nitrogens with zero attached hydrogens (tertiary/aromatic N) is 3. The molecule has 1 heterocycles. The molecule has 1 aliphatic rings. The number of nitrogens with one attached hydrogen (secondary N) is 1. The second kappa shape index (κ2) is 18.7. The first-order valence-corrected chi connectivity index (χ1v) is 18.0. The Balaban J connectivity index is 1.22. The van der Waals surface area contributed by atoms with Crippen LogP contribution in [0.3, 0.4) is 0 Å². The summed E-state index contributed by atoms with van der Waals surface area (Å²) in [5, 5.41) is 2.85. The van der Waals surface area contributed by atoms with Crippen molar-refractivity contribution in [2.45, 2.75) is 50.7 Å². The maximum Gasteiger partial charge on any atom is 0.416 e. The quantitative estimate of drug-likeness (QED) is 0.115. The third kappa shape index (κ3) is 11.7. The summed E-state index contributed by atoms with van der Waals surface area (Å²) in [5.41, 5.74) is -1.32. The highest BCUT2D eigenvalue weighted by molar-refractivity contribution is 5.95. The number of rotatable bonds is 12. The minimum Gasteiger partial charge on any atom is -0.445 e. The van der Waals surface area contributed by atoms with Crippen molar-refractivity contribution in [2.24, 2.45) is 0 Å². The Kier molecular flexibility index (Phi) is 13.8. The molecule has 0 aliphatic carbocycles. The van der Waals surface area contributed by atoms with E-state index in [9.17, 15) is 40.7 Å². The Morgan fingerprint density at radius 3 is 1.87 bits per heavy atom. The van der Waals surface area contributed by atoms with Gasteiger partial charge in [0.15, 0.2) is 0 Å². The summed E-state index contributed by atoms with van der Waals surface area (Å²) < 4.78 is 87.5. The lowest BCUT2D eigenvalue weighted by Gasteiger charge is -2.30. The van der Waals surface area contributed by atoms with Crippen molar-refractivity contribution >= 4 is 18.0 Å². The molecule has 0 radical (unpaired) electrons. The minimum atomic E-state index is -5.12. The van der Waals surface area contributed by atoms with Crippen molar-refractivity contribution in [3.05, 3.63) is 143 Å². The van der Waals surface area contributed by atoms with Crippen LogP contribution < -0.4 is 5.32 Å². The number of hydrogen-bond acceptors (Lipinski definition) is 4. The fourth-order valence-corrected chi connectivity index (χ4v) is 6.44. The zero-order chi connectivity index (χ0) is 39.4. The van der Waals surface area contributed by atoms with Gasteiger partial charge < -0.3 is 24.8 Å². The molecule has 4 aromatic rings. The van der Waals surface area contributed by atoms with Crippen LogP contribution in [0.2, 0.25) is 0 Å². The molecule has 1 N–H and O–H groups in total. The molecular weight excluding hydrogens is 726 g/mol. The van der Waals surface area contributed by atoms with Crippen LogP contribution in [0.15, 0.2) is 109 Å². The predicted octanol–water partition coefficient (Wildman–Crippen LogP) is 8.98. The Labute approximate surface area is 315 Å². The zero-order valence-corrected chi connectivity index (χ0v) is 30.0. The highest BCUT2D eigenvalue weighted by Gasteiger charge is 2.39. The Bertz CT molecular complexity index is 1830. The van der Waals surface area contributed by atoms with E-state index in [1.165, 1.54) is 9.80 Å². The van der Waals surface area contributed by atoms with E-state index >= 15 is 0 Å². The highest BCUT2D eigenvalue weighted by atomic mass is 19.4. The smallest absolute Gasteiger partial charge is 0.416 e. The number of aryl methyl sites for hydroxylation is 1. The lowest BCUT2D eigenvalue weighted by molar-refractivity contribution is -0.143. The van der Waals surface area contributed by atoms with E-state index in [0.717, 1.165) is 17.5 Å². The van der Waals surface area contributed by atoms with Crippen LogP contribution in [-0.4, -0.2) is 72.0 Å². The van der Waals surface area contributed by atoms with Gasteiger partial charge in [0.25, 0.3) is 5.91 Å². The van der Waals surface area contributed by atoms with E-state index in [2.05, 4.69) is 5.32 Å². The van der Waals surface area contributed by atoms with Crippen molar-refractivity contribution in [1.29, 1.82) is 0 Å². The third-order valence-corrected chi connectivity index (χ3v) is 9.31. The number of ether oxygens (including phenoxy) is 1. The topological polar surface area (TPSA) is 82.2 Å². The summed E-state index contributed by atoms with van der Waals surface area (Å²) in [6.07, 6.45) is -8.68. The first kappa shape index (κ1) is 40.7. The lowest BCUT2D eigenvalue weighted by atomic mass is 9.99. The van der Waals surface area contributed by atoms with Gasteiger partial charge >= 0.3 is 24.5 Å². The molecule has 292 valence electrons. The number of carbonyl (C=O) groups excluding carboxylic acids is 3. The molecule has 0 bridgehead atoms. The second-order valence-corrected chi connectivity index (χ2v) is 13.2. The normalized spacial score (nSPS) is 14.9. The van der Waals surface area contributed by atoms with Crippen molar-refractivity contribution in [3.63, 3.8) is 0 Å². The van der Waals surface area contributed by atoms with Gasteiger partial charge in [-0.1, -0.05) is 91.0 Å². The monoisotopic (exact) mass is 768 g/mol. The van der Waals surface area contributed by atoms with Crippen LogP contribution in [0.4, 0.5) is 35.9 Å². The second-order valence-electron chi connectivity index (χ2n) is 13.2. The van der Waals surface area contributed by atoms with Gasteiger partial charge in [-0.3, -0.25) is 4.79 Å². The van der Waals surface area contributed by atoms with Crippen LogP contribution in [0, 0.1) is 0 Å². The molecule has 14 heteroatoms. The molecule has 4 amide bonds. The summed E-state index contributed by atoms with van der Waals surface area (Å²) >= 11 is 0. The molecule has 8 nitrogen and oxygen atoms in total. The molecule has 5 rings (SSSR count). The summed E-state index contributed by atoms with van der Waals surface area (Å²) in [6, 6.07) is 27.4. The molecule has 1 atom stereocenters. The number of hydrogen-bond donors (Lipinski definition) is 1. The van der Waals surface area contributed by atoms with E-state index in [1.54, 1.807) is 35.2 Å². The van der Waals surface area contributed by atoms with Crippen molar-refractivity contribution in [1.82, 2.24) is 20.0 Å². The van der Waals surface area contributed by atoms with Gasteiger partial charge in [0, 0.05) is 44.8 Å². The molecule has 1 aliphatic heterocycles. The molecule has 4 aromatic carbocycles. The number of halogens is 6. The van der Waals surface area contributed by atoms with Crippen molar-refractivity contribution in [2.75, 3.05) is 39.3 Å². The van der Waals surface area contributed by atoms with Crippen molar-refractivity contribution in [3.8, 4) is 0 Å². The lowest BCUT2D eigenvalue weighted by Crippen LogP contribution is -2.43. The maximum atomic E-state index is 13.8. The van der Waals surface area contributed by atoms with Gasteiger partial charge in [0.2, 0.25) is 0 Å². The Hall–Kier alpha value is -5.53. The third-order valence-electron chi connectivity index (χ3n) is 9.31. The highest BCUT2D eigenvalue weighted by Crippen LogP contribution is 2.37. The van der Waals surface area contributed by atoms with Gasteiger partial charge in [0.1, 0.15) is 6.61 Å². The fourth-order valence-electron chi connectivity index (χ4n) is 6.44. The van der Waals surface area contributed by atoms with Crippen LogP contribution in [0.25, 0.3) is 0 Å². The zero-order valence-electron chi connectivity index (χ0n) is 30.0. The molecule has 55 heavy (non-hydrogen) atoms. The largest absolute Gasteiger partial charge is 0.445 e. The molecular formula is C41H42F6N4O4. The fraction of sp³-hybridized carbons (Fsp3) is 0.341. The number of carbonyl (C=O) groups is 3. The SMILES string of the molecule is O=C(NCCCN(CCCc1ccccc1)C(=O)OCc1ccccc1)N1CCC(c2ccccc2)N(C(=O)c2cc(C(F)(F)F)cc(C(F)(F)F)c2)CC1. The van der Waals surface area contributed by atoms with E-state index < -0.39 is 53.1 Å². The first-order valence-electron chi connectivity index (χ1n) is 18.0. The molecule has 0 aromatic heterocycles. The average molecular weight is 769 g/mol. The van der Waals surface area contributed by atoms with Crippen LogP contribution in [0.5, 0.6) is 0 Å². The summed E-state index contributed by atoms with van der Waals surface area (Å²) in [5.74, 6) is -1.01. The Morgan fingerprint density at radius 1 is 0.709 bits per heavy atom. The van der Waals surface area contributed by atoms with E-state index in [0.29, 0.717) is 43.6 Å². The van der Waals surface area contributed by atoms with Gasteiger partial charge in [-0.05, 0) is 60.6 Å².